The van der Waals surface area contributed by atoms with Crippen LogP contribution in [0, 0.1) is 11.8 Å². The van der Waals surface area contributed by atoms with Gasteiger partial charge in [-0.1, -0.05) is 11.8 Å². The van der Waals surface area contributed by atoms with Crippen LogP contribution in [-0.2, 0) is 13.6 Å². The highest BCUT2D eigenvalue weighted by atomic mass is 16.2. The Kier molecular flexibility index (Phi) is 4.69. The van der Waals surface area contributed by atoms with E-state index < -0.39 is 0 Å². The van der Waals surface area contributed by atoms with Crippen molar-refractivity contribution in [2.75, 3.05) is 13.6 Å². The van der Waals surface area contributed by atoms with Crippen LogP contribution in [0.4, 0.5) is 0 Å². The monoisotopic (exact) mass is 283 g/mol. The third-order valence-corrected chi connectivity index (χ3v) is 2.84. The molecule has 2 heterocycles. The van der Waals surface area contributed by atoms with Crippen LogP contribution in [-0.4, -0.2) is 39.2 Å². The quantitative estimate of drug-likeness (QED) is 0.827. The SMILES string of the molecule is CN(Cc1cnn(C)c1)C(=O)c1cncc(C#CCN)c1. The number of hydrogen-bond donors (Lipinski definition) is 1. The zero-order valence-electron chi connectivity index (χ0n) is 12.1. The van der Waals surface area contributed by atoms with Gasteiger partial charge in [-0.15, -0.1) is 0 Å². The van der Waals surface area contributed by atoms with Crippen molar-refractivity contribution in [3.63, 3.8) is 0 Å². The second-order valence-electron chi connectivity index (χ2n) is 4.65. The number of pyridine rings is 1. The van der Waals surface area contributed by atoms with Crippen molar-refractivity contribution in [3.05, 3.63) is 47.5 Å². The van der Waals surface area contributed by atoms with E-state index in [9.17, 15) is 4.79 Å². The Morgan fingerprint density at radius 3 is 2.90 bits per heavy atom. The fourth-order valence-corrected chi connectivity index (χ4v) is 1.90. The van der Waals surface area contributed by atoms with E-state index in [0.717, 1.165) is 5.56 Å². The maximum atomic E-state index is 12.4. The number of aromatic nitrogens is 3. The second kappa shape index (κ2) is 6.68. The number of nitrogens with zero attached hydrogens (tertiary/aromatic N) is 4. The van der Waals surface area contributed by atoms with Gasteiger partial charge < -0.3 is 10.6 Å². The lowest BCUT2D eigenvalue weighted by atomic mass is 10.2. The summed E-state index contributed by atoms with van der Waals surface area (Å²) in [4.78, 5) is 18.0. The van der Waals surface area contributed by atoms with Crippen molar-refractivity contribution in [3.8, 4) is 11.8 Å². The van der Waals surface area contributed by atoms with Gasteiger partial charge in [0.25, 0.3) is 5.91 Å². The van der Waals surface area contributed by atoms with Gasteiger partial charge in [0.15, 0.2) is 0 Å². The van der Waals surface area contributed by atoms with E-state index in [2.05, 4.69) is 21.9 Å². The van der Waals surface area contributed by atoms with Crippen LogP contribution < -0.4 is 5.73 Å². The molecular formula is C15H17N5O. The summed E-state index contributed by atoms with van der Waals surface area (Å²) in [5.41, 5.74) is 7.49. The predicted molar refractivity (Wildman–Crippen MR) is 79.2 cm³/mol. The van der Waals surface area contributed by atoms with Gasteiger partial charge in [0.1, 0.15) is 0 Å². The van der Waals surface area contributed by atoms with E-state index in [1.54, 1.807) is 35.1 Å². The molecule has 6 nitrogen and oxygen atoms in total. The van der Waals surface area contributed by atoms with Crippen LogP contribution in [0.2, 0.25) is 0 Å². The molecule has 0 saturated carbocycles. The summed E-state index contributed by atoms with van der Waals surface area (Å²) in [7, 11) is 3.59. The Balaban J connectivity index is 2.11. The lowest BCUT2D eigenvalue weighted by Crippen LogP contribution is -2.26. The van der Waals surface area contributed by atoms with Crippen molar-refractivity contribution >= 4 is 5.91 Å². The summed E-state index contributed by atoms with van der Waals surface area (Å²) in [5, 5.41) is 4.09. The first-order valence-corrected chi connectivity index (χ1v) is 6.47. The molecule has 0 bridgehead atoms. The largest absolute Gasteiger partial charge is 0.337 e. The minimum absolute atomic E-state index is 0.109. The van der Waals surface area contributed by atoms with Crippen LogP contribution in [0.1, 0.15) is 21.5 Å². The molecule has 2 aromatic heterocycles. The van der Waals surface area contributed by atoms with E-state index >= 15 is 0 Å². The Morgan fingerprint density at radius 1 is 1.43 bits per heavy atom. The summed E-state index contributed by atoms with van der Waals surface area (Å²) in [5.74, 6) is 5.51. The number of aryl methyl sites for hydroxylation is 1. The van der Waals surface area contributed by atoms with Crippen molar-refractivity contribution in [1.82, 2.24) is 19.7 Å². The number of nitrogens with two attached hydrogens (primary N) is 1. The average Bonchev–Trinajstić information content (AvgIpc) is 2.89. The number of hydrogen-bond acceptors (Lipinski definition) is 4. The zero-order chi connectivity index (χ0) is 15.2. The van der Waals surface area contributed by atoms with Gasteiger partial charge in [0.05, 0.1) is 18.3 Å². The number of amides is 1. The maximum Gasteiger partial charge on any atom is 0.255 e. The minimum atomic E-state index is -0.109. The smallest absolute Gasteiger partial charge is 0.255 e. The van der Waals surface area contributed by atoms with Crippen LogP contribution in [0.3, 0.4) is 0 Å². The van der Waals surface area contributed by atoms with Crippen LogP contribution in [0.25, 0.3) is 0 Å². The molecule has 0 aliphatic carbocycles. The van der Waals surface area contributed by atoms with Crippen LogP contribution in [0.15, 0.2) is 30.9 Å². The first-order valence-electron chi connectivity index (χ1n) is 6.47. The van der Waals surface area contributed by atoms with E-state index in [1.165, 1.54) is 6.20 Å². The highest BCUT2D eigenvalue weighted by molar-refractivity contribution is 5.94. The first kappa shape index (κ1) is 14.8. The fourth-order valence-electron chi connectivity index (χ4n) is 1.90. The van der Waals surface area contributed by atoms with E-state index in [-0.39, 0.29) is 12.5 Å². The van der Waals surface area contributed by atoms with Crippen molar-refractivity contribution < 1.29 is 4.79 Å². The molecule has 6 heteroatoms. The molecular weight excluding hydrogens is 266 g/mol. The molecule has 0 aliphatic rings. The Morgan fingerprint density at radius 2 is 2.24 bits per heavy atom. The Hall–Kier alpha value is -2.65. The van der Waals surface area contributed by atoms with Gasteiger partial charge in [-0.2, -0.15) is 5.10 Å². The van der Waals surface area contributed by atoms with Gasteiger partial charge in [-0.25, -0.2) is 0 Å². The van der Waals surface area contributed by atoms with Crippen molar-refractivity contribution in [1.29, 1.82) is 0 Å². The lowest BCUT2D eigenvalue weighted by molar-refractivity contribution is 0.0784. The standard InChI is InChI=1S/C15H17N5O/c1-19(10-13-8-18-20(2)11-13)15(21)14-6-12(4-3-5-16)7-17-9-14/h6-9,11H,5,10,16H2,1-2H3. The third-order valence-electron chi connectivity index (χ3n) is 2.84. The first-order chi connectivity index (χ1) is 10.1. The average molecular weight is 283 g/mol. The molecule has 0 radical (unpaired) electrons. The van der Waals surface area contributed by atoms with Gasteiger partial charge in [-0.05, 0) is 6.07 Å². The predicted octanol–water partition coefficient (Wildman–Crippen LogP) is 0.398. The zero-order valence-corrected chi connectivity index (χ0v) is 12.1. The van der Waals surface area contributed by atoms with Crippen molar-refractivity contribution in [2.24, 2.45) is 12.8 Å². The molecule has 0 atom stereocenters. The van der Waals surface area contributed by atoms with Gasteiger partial charge in [-0.3, -0.25) is 14.5 Å². The van der Waals surface area contributed by atoms with Gasteiger partial charge in [0, 0.05) is 50.4 Å². The molecule has 108 valence electrons. The summed E-state index contributed by atoms with van der Waals surface area (Å²) in [6, 6.07) is 1.72. The lowest BCUT2D eigenvalue weighted by Gasteiger charge is -2.16. The normalized spacial score (nSPS) is 9.86. The molecule has 0 fully saturated rings. The van der Waals surface area contributed by atoms with Gasteiger partial charge in [0.2, 0.25) is 0 Å². The second-order valence-corrected chi connectivity index (χ2v) is 4.65. The van der Waals surface area contributed by atoms with Gasteiger partial charge >= 0.3 is 0 Å². The molecule has 2 rings (SSSR count). The van der Waals surface area contributed by atoms with E-state index in [0.29, 0.717) is 17.7 Å². The topological polar surface area (TPSA) is 77.0 Å². The number of carbonyl (C=O) groups is 1. The van der Waals surface area contributed by atoms with E-state index in [1.807, 2.05) is 13.2 Å². The van der Waals surface area contributed by atoms with Crippen LogP contribution in [0.5, 0.6) is 0 Å². The fraction of sp³-hybridized carbons (Fsp3) is 0.267. The third kappa shape index (κ3) is 3.91. The maximum absolute atomic E-state index is 12.4. The molecule has 0 unspecified atom stereocenters. The number of rotatable bonds is 3. The molecule has 21 heavy (non-hydrogen) atoms. The Labute approximate surface area is 123 Å². The molecule has 1 amide bonds. The highest BCUT2D eigenvalue weighted by Gasteiger charge is 2.13. The summed E-state index contributed by atoms with van der Waals surface area (Å²) in [6.07, 6.45) is 6.77. The molecule has 2 N–H and O–H groups in total. The van der Waals surface area contributed by atoms with Crippen LogP contribution >= 0.6 is 0 Å². The highest BCUT2D eigenvalue weighted by Crippen LogP contribution is 2.08. The number of carbonyl (C=O) groups excluding carboxylic acids is 1. The molecule has 2 aromatic rings. The summed E-state index contributed by atoms with van der Waals surface area (Å²) in [6.45, 7) is 0.768. The van der Waals surface area contributed by atoms with E-state index in [4.69, 9.17) is 5.73 Å². The molecule has 0 saturated heterocycles. The Bertz CT molecular complexity index is 695. The molecule has 0 spiro atoms. The molecule has 0 aromatic carbocycles. The summed E-state index contributed by atoms with van der Waals surface area (Å²) >= 11 is 0. The molecule has 0 aliphatic heterocycles. The summed E-state index contributed by atoms with van der Waals surface area (Å²) < 4.78 is 1.71. The minimum Gasteiger partial charge on any atom is -0.337 e. The van der Waals surface area contributed by atoms with Crippen molar-refractivity contribution in [2.45, 2.75) is 6.54 Å².